The Kier molecular flexibility index (Phi) is 4.09. The molecule has 0 amide bonds. The minimum absolute atomic E-state index is 0.0149. The van der Waals surface area contributed by atoms with Gasteiger partial charge >= 0.3 is 5.97 Å². The first-order valence-electron chi connectivity index (χ1n) is 5.95. The van der Waals surface area contributed by atoms with Gasteiger partial charge in [0.2, 0.25) is 5.88 Å². The molecule has 0 unspecified atom stereocenters. The maximum atomic E-state index is 11.5. The van der Waals surface area contributed by atoms with Crippen molar-refractivity contribution in [1.29, 1.82) is 0 Å². The van der Waals surface area contributed by atoms with Crippen molar-refractivity contribution < 1.29 is 14.3 Å². The number of anilines is 1. The van der Waals surface area contributed by atoms with Crippen molar-refractivity contribution in [1.82, 2.24) is 15.0 Å². The number of rotatable bonds is 4. The Balaban J connectivity index is 2.35. The lowest BCUT2D eigenvalue weighted by Gasteiger charge is -2.06. The predicted molar refractivity (Wildman–Crippen MR) is 72.2 cm³/mol. The van der Waals surface area contributed by atoms with Crippen LogP contribution in [0.4, 0.5) is 5.82 Å². The van der Waals surface area contributed by atoms with E-state index in [9.17, 15) is 4.79 Å². The van der Waals surface area contributed by atoms with Gasteiger partial charge in [-0.05, 0) is 13.0 Å². The molecule has 2 heterocycles. The van der Waals surface area contributed by atoms with Crippen LogP contribution in [0.2, 0.25) is 0 Å². The third-order valence-electron chi connectivity index (χ3n) is 2.50. The molecule has 0 bridgehead atoms. The van der Waals surface area contributed by atoms with Gasteiger partial charge in [0.1, 0.15) is 0 Å². The molecule has 0 saturated carbocycles. The summed E-state index contributed by atoms with van der Waals surface area (Å²) in [6.07, 6.45) is 3.06. The highest BCUT2D eigenvalue weighted by molar-refractivity contribution is 5.92. The van der Waals surface area contributed by atoms with Gasteiger partial charge < -0.3 is 15.2 Å². The molecule has 0 saturated heterocycles. The quantitative estimate of drug-likeness (QED) is 0.839. The number of esters is 1. The van der Waals surface area contributed by atoms with E-state index in [-0.39, 0.29) is 11.5 Å². The van der Waals surface area contributed by atoms with Gasteiger partial charge in [0.15, 0.2) is 11.5 Å². The molecular weight excluding hydrogens is 260 g/mol. The van der Waals surface area contributed by atoms with Crippen LogP contribution in [0, 0.1) is 0 Å². The molecule has 2 rings (SSSR count). The van der Waals surface area contributed by atoms with Crippen molar-refractivity contribution in [2.75, 3.05) is 19.5 Å². The SMILES string of the molecule is CCOc1ccc(-c2cnc(N)c(C(=O)OC)n2)cn1. The van der Waals surface area contributed by atoms with E-state index < -0.39 is 5.97 Å². The molecule has 0 aliphatic heterocycles. The molecule has 0 fully saturated rings. The van der Waals surface area contributed by atoms with Crippen molar-refractivity contribution in [2.24, 2.45) is 0 Å². The van der Waals surface area contributed by atoms with Crippen LogP contribution >= 0.6 is 0 Å². The number of carbonyl (C=O) groups is 1. The van der Waals surface area contributed by atoms with Crippen molar-refractivity contribution in [3.8, 4) is 17.1 Å². The molecule has 7 heteroatoms. The number of pyridine rings is 1. The van der Waals surface area contributed by atoms with Crippen LogP contribution in [0.5, 0.6) is 5.88 Å². The summed E-state index contributed by atoms with van der Waals surface area (Å²) in [5.74, 6) is -0.0805. The van der Waals surface area contributed by atoms with Gasteiger partial charge in [0.25, 0.3) is 0 Å². The van der Waals surface area contributed by atoms with E-state index in [4.69, 9.17) is 10.5 Å². The normalized spacial score (nSPS) is 10.1. The summed E-state index contributed by atoms with van der Waals surface area (Å²) in [6, 6.07) is 3.49. The monoisotopic (exact) mass is 274 g/mol. The third-order valence-corrected chi connectivity index (χ3v) is 2.50. The standard InChI is InChI=1S/C13H14N4O3/c1-3-20-10-5-4-8(6-15-10)9-7-16-12(14)11(17-9)13(18)19-2/h4-7H,3H2,1-2H3,(H2,14,16). The molecule has 2 N–H and O–H groups in total. The average Bonchev–Trinajstić information content (AvgIpc) is 2.48. The van der Waals surface area contributed by atoms with Crippen molar-refractivity contribution in [3.63, 3.8) is 0 Å². The molecule has 0 radical (unpaired) electrons. The Bertz CT molecular complexity index is 614. The smallest absolute Gasteiger partial charge is 0.360 e. The zero-order valence-electron chi connectivity index (χ0n) is 11.2. The van der Waals surface area contributed by atoms with Crippen LogP contribution < -0.4 is 10.5 Å². The number of nitrogens with two attached hydrogens (primary N) is 1. The van der Waals surface area contributed by atoms with Crippen molar-refractivity contribution >= 4 is 11.8 Å². The highest BCUT2D eigenvalue weighted by atomic mass is 16.5. The summed E-state index contributed by atoms with van der Waals surface area (Å²) in [5, 5.41) is 0. The Morgan fingerprint density at radius 3 is 2.70 bits per heavy atom. The summed E-state index contributed by atoms with van der Waals surface area (Å²) < 4.78 is 9.86. The predicted octanol–water partition coefficient (Wildman–Crippen LogP) is 1.31. The molecule has 104 valence electrons. The first kappa shape index (κ1) is 13.7. The summed E-state index contributed by atoms with van der Waals surface area (Å²) in [6.45, 7) is 2.42. The average molecular weight is 274 g/mol. The minimum Gasteiger partial charge on any atom is -0.478 e. The summed E-state index contributed by atoms with van der Waals surface area (Å²) in [5.41, 5.74) is 6.76. The van der Waals surface area contributed by atoms with Crippen LogP contribution in [0.3, 0.4) is 0 Å². The largest absolute Gasteiger partial charge is 0.478 e. The van der Waals surface area contributed by atoms with Crippen LogP contribution in [-0.4, -0.2) is 34.6 Å². The van der Waals surface area contributed by atoms with E-state index in [0.717, 1.165) is 0 Å². The second-order valence-corrected chi connectivity index (χ2v) is 3.80. The molecule has 0 aliphatic rings. The van der Waals surface area contributed by atoms with Gasteiger partial charge in [-0.3, -0.25) is 0 Å². The summed E-state index contributed by atoms with van der Waals surface area (Å²) in [7, 11) is 1.26. The highest BCUT2D eigenvalue weighted by Crippen LogP contribution is 2.19. The molecule has 2 aromatic heterocycles. The lowest BCUT2D eigenvalue weighted by molar-refractivity contribution is 0.0595. The van der Waals surface area contributed by atoms with E-state index in [1.54, 1.807) is 18.3 Å². The number of hydrogen-bond acceptors (Lipinski definition) is 7. The number of methoxy groups -OCH3 is 1. The molecule has 20 heavy (non-hydrogen) atoms. The Morgan fingerprint density at radius 2 is 2.10 bits per heavy atom. The fourth-order valence-corrected chi connectivity index (χ4v) is 1.55. The minimum atomic E-state index is -0.629. The molecule has 0 aromatic carbocycles. The van der Waals surface area contributed by atoms with E-state index in [1.807, 2.05) is 6.92 Å². The first-order chi connectivity index (χ1) is 9.65. The molecule has 2 aromatic rings. The molecule has 0 spiro atoms. The molecule has 7 nitrogen and oxygen atoms in total. The number of carbonyl (C=O) groups excluding carboxylic acids is 1. The van der Waals surface area contributed by atoms with E-state index in [0.29, 0.717) is 23.7 Å². The fourth-order valence-electron chi connectivity index (χ4n) is 1.55. The Labute approximate surface area is 115 Å². The fraction of sp³-hybridized carbons (Fsp3) is 0.231. The summed E-state index contributed by atoms with van der Waals surface area (Å²) in [4.78, 5) is 23.7. The zero-order valence-corrected chi connectivity index (χ0v) is 11.2. The van der Waals surface area contributed by atoms with E-state index in [1.165, 1.54) is 13.3 Å². The zero-order chi connectivity index (χ0) is 14.5. The van der Waals surface area contributed by atoms with Gasteiger partial charge in [0, 0.05) is 17.8 Å². The molecule has 0 aliphatic carbocycles. The third kappa shape index (κ3) is 2.82. The lowest BCUT2D eigenvalue weighted by Crippen LogP contribution is -2.10. The van der Waals surface area contributed by atoms with Crippen molar-refractivity contribution in [3.05, 3.63) is 30.2 Å². The number of nitrogens with zero attached hydrogens (tertiary/aromatic N) is 3. The van der Waals surface area contributed by atoms with Gasteiger partial charge in [-0.15, -0.1) is 0 Å². The second kappa shape index (κ2) is 5.96. The maximum absolute atomic E-state index is 11.5. The number of nitrogen functional groups attached to an aromatic ring is 1. The highest BCUT2D eigenvalue weighted by Gasteiger charge is 2.15. The Morgan fingerprint density at radius 1 is 1.30 bits per heavy atom. The number of ether oxygens (including phenoxy) is 2. The topological polar surface area (TPSA) is 100 Å². The maximum Gasteiger partial charge on any atom is 0.360 e. The summed E-state index contributed by atoms with van der Waals surface area (Å²) >= 11 is 0. The van der Waals surface area contributed by atoms with Crippen LogP contribution in [0.1, 0.15) is 17.4 Å². The van der Waals surface area contributed by atoms with Gasteiger partial charge in [0.05, 0.1) is 25.6 Å². The lowest BCUT2D eigenvalue weighted by atomic mass is 10.2. The van der Waals surface area contributed by atoms with Gasteiger partial charge in [-0.1, -0.05) is 0 Å². The Hall–Kier alpha value is -2.70. The molecule has 0 atom stereocenters. The number of hydrogen-bond donors (Lipinski definition) is 1. The van der Waals surface area contributed by atoms with Gasteiger partial charge in [-0.25, -0.2) is 19.7 Å². The van der Waals surface area contributed by atoms with Crippen LogP contribution in [-0.2, 0) is 4.74 Å². The van der Waals surface area contributed by atoms with Crippen molar-refractivity contribution in [2.45, 2.75) is 6.92 Å². The first-order valence-corrected chi connectivity index (χ1v) is 5.95. The van der Waals surface area contributed by atoms with Crippen LogP contribution in [0.15, 0.2) is 24.5 Å². The van der Waals surface area contributed by atoms with E-state index >= 15 is 0 Å². The molecular formula is C13H14N4O3. The number of aromatic nitrogens is 3. The van der Waals surface area contributed by atoms with E-state index in [2.05, 4.69) is 19.7 Å². The van der Waals surface area contributed by atoms with Crippen LogP contribution in [0.25, 0.3) is 11.3 Å². The van der Waals surface area contributed by atoms with Gasteiger partial charge in [-0.2, -0.15) is 0 Å². The second-order valence-electron chi connectivity index (χ2n) is 3.80.